The van der Waals surface area contributed by atoms with Crippen molar-refractivity contribution >= 4 is 28.0 Å². The molecule has 0 aliphatic carbocycles. The van der Waals surface area contributed by atoms with Crippen molar-refractivity contribution in [3.05, 3.63) is 28.3 Å². The van der Waals surface area contributed by atoms with Gasteiger partial charge in [0.2, 0.25) is 0 Å². The minimum atomic E-state index is -0.540. The number of nitro benzene ring substituents is 1. The zero-order valence-electron chi connectivity index (χ0n) is 6.06. The monoisotopic (exact) mass is 180 g/mol. The SMILES string of the molecule is Nc1cc([O][Al])ccc1[N+](=O)[O-]. The zero-order chi connectivity index (χ0) is 9.14. The molecule has 60 valence electrons. The molecule has 0 atom stereocenters. The highest BCUT2D eigenvalue weighted by Crippen LogP contribution is 2.25. The van der Waals surface area contributed by atoms with Gasteiger partial charge < -0.3 is 9.52 Å². The lowest BCUT2D eigenvalue weighted by Crippen LogP contribution is -1.96. The van der Waals surface area contributed by atoms with Crippen LogP contribution in [-0.2, 0) is 0 Å². The van der Waals surface area contributed by atoms with Gasteiger partial charge in [-0.1, -0.05) is 0 Å². The van der Waals surface area contributed by atoms with E-state index in [1.165, 1.54) is 18.2 Å². The highest BCUT2D eigenvalue weighted by Gasteiger charge is 2.10. The molecule has 1 aromatic rings. The summed E-state index contributed by atoms with van der Waals surface area (Å²) in [5, 5.41) is 10.3. The van der Waals surface area contributed by atoms with E-state index in [-0.39, 0.29) is 11.4 Å². The zero-order valence-corrected chi connectivity index (χ0v) is 7.21. The van der Waals surface area contributed by atoms with Crippen LogP contribution < -0.4 is 9.52 Å². The van der Waals surface area contributed by atoms with E-state index in [0.29, 0.717) is 5.75 Å². The second-order valence-corrected chi connectivity index (χ2v) is 2.33. The number of nitro groups is 1. The molecule has 6 heteroatoms. The van der Waals surface area contributed by atoms with Gasteiger partial charge >= 0.3 is 16.6 Å². The summed E-state index contributed by atoms with van der Waals surface area (Å²) in [4.78, 5) is 9.76. The molecule has 1 rings (SSSR count). The molecule has 0 aliphatic heterocycles. The minimum absolute atomic E-state index is 0.0972. The van der Waals surface area contributed by atoms with Crippen molar-refractivity contribution in [3.63, 3.8) is 0 Å². The Kier molecular flexibility index (Phi) is 2.53. The van der Waals surface area contributed by atoms with Crippen LogP contribution in [0.3, 0.4) is 0 Å². The fourth-order valence-electron chi connectivity index (χ4n) is 0.772. The molecule has 0 heterocycles. The smallest absolute Gasteiger partial charge is 0.482 e. The summed E-state index contributed by atoms with van der Waals surface area (Å²) in [7, 11) is 0. The molecule has 1 aromatic carbocycles. The molecular weight excluding hydrogens is 175 g/mol. The minimum Gasteiger partial charge on any atom is -0.654 e. The first-order chi connectivity index (χ1) is 5.65. The Morgan fingerprint density at radius 2 is 2.25 bits per heavy atom. The van der Waals surface area contributed by atoms with Gasteiger partial charge in [-0.2, -0.15) is 0 Å². The molecule has 0 aromatic heterocycles. The second-order valence-electron chi connectivity index (χ2n) is 2.10. The fourth-order valence-corrected chi connectivity index (χ4v) is 0.919. The number of nitrogen functional groups attached to an aromatic ring is 1. The van der Waals surface area contributed by atoms with Crippen LogP contribution in [0.5, 0.6) is 5.75 Å². The number of nitrogens with two attached hydrogens (primary N) is 1. The highest BCUT2D eigenvalue weighted by molar-refractivity contribution is 6.00. The van der Waals surface area contributed by atoms with Crippen molar-refractivity contribution in [2.45, 2.75) is 0 Å². The largest absolute Gasteiger partial charge is 0.654 e. The third kappa shape index (κ3) is 1.67. The van der Waals surface area contributed by atoms with Crippen molar-refractivity contribution in [1.82, 2.24) is 0 Å². The Morgan fingerprint density at radius 3 is 2.67 bits per heavy atom. The van der Waals surface area contributed by atoms with E-state index < -0.39 is 4.92 Å². The van der Waals surface area contributed by atoms with Crippen LogP contribution in [0.1, 0.15) is 0 Å². The molecule has 0 amide bonds. The Balaban J connectivity index is 3.12. The highest BCUT2D eigenvalue weighted by atomic mass is 27.1. The van der Waals surface area contributed by atoms with Gasteiger partial charge in [-0.3, -0.25) is 10.1 Å². The average molecular weight is 180 g/mol. The summed E-state index contributed by atoms with van der Waals surface area (Å²) in [6.07, 6.45) is 0. The van der Waals surface area contributed by atoms with E-state index in [1.807, 2.05) is 16.6 Å². The predicted octanol–water partition coefficient (Wildman–Crippen LogP) is 0.639. The van der Waals surface area contributed by atoms with E-state index in [9.17, 15) is 10.1 Å². The van der Waals surface area contributed by atoms with Crippen LogP contribution in [0.15, 0.2) is 18.2 Å². The van der Waals surface area contributed by atoms with Gasteiger partial charge in [0.15, 0.2) is 0 Å². The molecule has 12 heavy (non-hydrogen) atoms. The lowest BCUT2D eigenvalue weighted by Gasteiger charge is -2.02. The van der Waals surface area contributed by atoms with E-state index in [2.05, 4.69) is 0 Å². The summed E-state index contributed by atoms with van der Waals surface area (Å²) in [6.45, 7) is 0. The number of rotatable bonds is 2. The van der Waals surface area contributed by atoms with Crippen molar-refractivity contribution in [2.24, 2.45) is 0 Å². The molecular formula is C6H5AlN2O3. The van der Waals surface area contributed by atoms with E-state index in [4.69, 9.17) is 9.52 Å². The Hall–Kier alpha value is -1.25. The van der Waals surface area contributed by atoms with Crippen LogP contribution in [0.2, 0.25) is 0 Å². The lowest BCUT2D eigenvalue weighted by molar-refractivity contribution is -0.383. The van der Waals surface area contributed by atoms with Crippen molar-refractivity contribution in [1.29, 1.82) is 0 Å². The third-order valence-electron chi connectivity index (χ3n) is 1.33. The second kappa shape index (κ2) is 3.43. The van der Waals surface area contributed by atoms with E-state index in [0.717, 1.165) is 0 Å². The summed E-state index contributed by atoms with van der Waals surface area (Å²) < 4.78 is 4.74. The van der Waals surface area contributed by atoms with Gasteiger partial charge in [0.05, 0.1) is 10.7 Å². The van der Waals surface area contributed by atoms with Crippen molar-refractivity contribution in [3.8, 4) is 5.75 Å². The van der Waals surface area contributed by atoms with Crippen molar-refractivity contribution in [2.75, 3.05) is 5.73 Å². The van der Waals surface area contributed by atoms with Gasteiger partial charge in [-0.05, 0) is 6.07 Å². The summed E-state index contributed by atoms with van der Waals surface area (Å²) >= 11 is 2.03. The molecule has 0 spiro atoms. The lowest BCUT2D eigenvalue weighted by atomic mass is 10.2. The standard InChI is InChI=1S/C6H6N2O3.Al/c7-5-3-4(9)1-2-6(5)8(10)11;/h1-3,9H,7H2;/q;+1/p-1. The molecule has 2 radical (unpaired) electrons. The first kappa shape index (κ1) is 8.85. The first-order valence-electron chi connectivity index (χ1n) is 3.06. The quantitative estimate of drug-likeness (QED) is 0.313. The normalized spacial score (nSPS) is 9.33. The maximum atomic E-state index is 10.3. The average Bonchev–Trinajstić information content (AvgIpc) is 2.03. The number of nitrogens with zero attached hydrogens (tertiary/aromatic N) is 1. The van der Waals surface area contributed by atoms with Crippen LogP contribution in [0.25, 0.3) is 0 Å². The molecule has 5 nitrogen and oxygen atoms in total. The molecule has 0 aliphatic rings. The Bertz CT molecular complexity index is 316. The van der Waals surface area contributed by atoms with E-state index >= 15 is 0 Å². The predicted molar refractivity (Wildman–Crippen MR) is 43.9 cm³/mol. The third-order valence-corrected chi connectivity index (χ3v) is 1.60. The van der Waals surface area contributed by atoms with E-state index in [1.54, 1.807) is 0 Å². The molecule has 0 saturated carbocycles. The van der Waals surface area contributed by atoms with Crippen molar-refractivity contribution < 1.29 is 8.71 Å². The number of hydrogen-bond acceptors (Lipinski definition) is 4. The number of hydrogen-bond donors (Lipinski definition) is 1. The topological polar surface area (TPSA) is 78.4 Å². The molecule has 2 N–H and O–H groups in total. The Labute approximate surface area is 77.0 Å². The van der Waals surface area contributed by atoms with Gasteiger partial charge in [0.25, 0.3) is 5.69 Å². The number of benzene rings is 1. The summed E-state index contributed by atoms with van der Waals surface area (Å²) in [5.74, 6) is 0.475. The summed E-state index contributed by atoms with van der Waals surface area (Å²) in [5.41, 5.74) is 5.35. The number of anilines is 1. The van der Waals surface area contributed by atoms with Gasteiger partial charge in [0.1, 0.15) is 5.69 Å². The van der Waals surface area contributed by atoms with Crippen LogP contribution in [0, 0.1) is 10.1 Å². The maximum absolute atomic E-state index is 10.3. The maximum Gasteiger partial charge on any atom is 0.482 e. The van der Waals surface area contributed by atoms with Gasteiger partial charge in [-0.15, -0.1) is 0 Å². The van der Waals surface area contributed by atoms with Gasteiger partial charge in [-0.25, -0.2) is 0 Å². The van der Waals surface area contributed by atoms with Crippen LogP contribution >= 0.6 is 0 Å². The first-order valence-corrected chi connectivity index (χ1v) is 3.53. The molecule has 0 fully saturated rings. The van der Waals surface area contributed by atoms with Gasteiger partial charge in [0, 0.05) is 12.1 Å². The summed E-state index contributed by atoms with van der Waals surface area (Å²) in [6, 6.07) is 4.17. The fraction of sp³-hybridized carbons (Fsp3) is 0. The molecule has 0 saturated heterocycles. The Morgan fingerprint density at radius 1 is 1.58 bits per heavy atom. The molecule has 0 bridgehead atoms. The van der Waals surface area contributed by atoms with Crippen LogP contribution in [0.4, 0.5) is 11.4 Å². The van der Waals surface area contributed by atoms with Crippen LogP contribution in [-0.4, -0.2) is 21.5 Å². The molecule has 0 unspecified atom stereocenters.